The van der Waals surface area contributed by atoms with Crippen LogP contribution in [-0.2, 0) is 6.18 Å². The monoisotopic (exact) mass is 297 g/mol. The number of aromatic nitrogens is 4. The molecule has 0 bridgehead atoms. The summed E-state index contributed by atoms with van der Waals surface area (Å²) < 4.78 is 42.2. The predicted octanol–water partition coefficient (Wildman–Crippen LogP) is 2.07. The first-order valence-electron chi connectivity index (χ1n) is 5.60. The van der Waals surface area contributed by atoms with E-state index in [-0.39, 0.29) is 22.8 Å². The molecule has 2 N–H and O–H groups in total. The third-order valence-electron chi connectivity index (χ3n) is 2.59. The maximum atomic E-state index is 12.6. The van der Waals surface area contributed by atoms with Crippen molar-refractivity contribution in [3.05, 3.63) is 40.2 Å². The van der Waals surface area contributed by atoms with Crippen LogP contribution in [0.1, 0.15) is 5.56 Å². The van der Waals surface area contributed by atoms with Gasteiger partial charge in [-0.2, -0.15) is 18.2 Å². The lowest BCUT2D eigenvalue weighted by atomic mass is 10.2. The molecule has 0 radical (unpaired) electrons. The molecule has 0 unspecified atom stereocenters. The minimum atomic E-state index is -4.47. The molecule has 0 spiro atoms. The molecule has 3 rings (SSSR count). The van der Waals surface area contributed by atoms with E-state index in [1.54, 1.807) is 0 Å². The number of nitrogens with one attached hydrogen (secondary N) is 2. The number of aromatic amines is 1. The maximum absolute atomic E-state index is 12.6. The van der Waals surface area contributed by atoms with Gasteiger partial charge in [0.25, 0.3) is 5.56 Å². The maximum Gasteiger partial charge on any atom is 0.416 e. The summed E-state index contributed by atoms with van der Waals surface area (Å²) in [4.78, 5) is 17.9. The van der Waals surface area contributed by atoms with Crippen molar-refractivity contribution in [3.8, 4) is 0 Å². The van der Waals surface area contributed by atoms with Crippen LogP contribution in [0.2, 0.25) is 0 Å². The van der Waals surface area contributed by atoms with Crippen molar-refractivity contribution in [1.82, 2.24) is 20.3 Å². The lowest BCUT2D eigenvalue weighted by molar-refractivity contribution is -0.137. The molecular formula is C11H6F3N5O2. The Morgan fingerprint density at radius 3 is 2.81 bits per heavy atom. The first-order valence-corrected chi connectivity index (χ1v) is 5.60. The minimum Gasteiger partial charge on any atom is -0.336 e. The molecule has 21 heavy (non-hydrogen) atoms. The second-order valence-electron chi connectivity index (χ2n) is 4.05. The third kappa shape index (κ3) is 2.55. The predicted molar refractivity (Wildman–Crippen MR) is 64.9 cm³/mol. The van der Waals surface area contributed by atoms with Crippen LogP contribution in [0.3, 0.4) is 0 Å². The van der Waals surface area contributed by atoms with Gasteiger partial charge in [0.15, 0.2) is 5.82 Å². The summed E-state index contributed by atoms with van der Waals surface area (Å²) in [6, 6.07) is 4.39. The fraction of sp³-hybridized carbons (Fsp3) is 0.0909. The van der Waals surface area contributed by atoms with E-state index in [1.807, 2.05) is 0 Å². The number of fused-ring (bicyclic) bond motifs is 1. The molecule has 108 valence electrons. The number of anilines is 2. The number of H-pyrrole nitrogens is 1. The number of rotatable bonds is 2. The van der Waals surface area contributed by atoms with Gasteiger partial charge in [-0.15, -0.1) is 0 Å². The van der Waals surface area contributed by atoms with E-state index in [1.165, 1.54) is 12.1 Å². The van der Waals surface area contributed by atoms with Crippen molar-refractivity contribution in [2.75, 3.05) is 5.32 Å². The Labute approximate surface area is 113 Å². The molecule has 2 heterocycles. The molecule has 0 amide bonds. The van der Waals surface area contributed by atoms with Gasteiger partial charge in [0.1, 0.15) is 0 Å². The molecule has 0 aliphatic heterocycles. The number of benzene rings is 1. The Hall–Kier alpha value is -2.91. The van der Waals surface area contributed by atoms with Crippen LogP contribution >= 0.6 is 0 Å². The summed E-state index contributed by atoms with van der Waals surface area (Å²) in [5.41, 5.74) is -1.35. The topological polar surface area (TPSA) is 96.7 Å². The first-order chi connectivity index (χ1) is 9.93. The van der Waals surface area contributed by atoms with Crippen molar-refractivity contribution in [1.29, 1.82) is 0 Å². The SMILES string of the molecule is O=c1[nH]c2nonc2nc1Nc1cccc(C(F)(F)F)c1. The molecule has 7 nitrogen and oxygen atoms in total. The molecular weight excluding hydrogens is 291 g/mol. The standard InChI is InChI=1S/C11H6F3N5O2/c12-11(13,14)5-2-1-3-6(4-5)15-9-10(20)17-8-7(16-9)18-21-19-8/h1-4H,(H,15,16,18)(H,17,19,20). The van der Waals surface area contributed by atoms with Crippen LogP contribution in [0.25, 0.3) is 11.3 Å². The molecule has 0 atom stereocenters. The number of alkyl halides is 3. The molecule has 3 aromatic rings. The lowest BCUT2D eigenvalue weighted by Gasteiger charge is -2.09. The van der Waals surface area contributed by atoms with Crippen LogP contribution in [0.4, 0.5) is 24.7 Å². The van der Waals surface area contributed by atoms with Crippen molar-refractivity contribution in [3.63, 3.8) is 0 Å². The van der Waals surface area contributed by atoms with E-state index in [4.69, 9.17) is 0 Å². The molecule has 0 aliphatic rings. The zero-order valence-electron chi connectivity index (χ0n) is 10.1. The molecule has 0 fully saturated rings. The molecule has 0 saturated heterocycles. The molecule has 2 aromatic heterocycles. The highest BCUT2D eigenvalue weighted by Gasteiger charge is 2.30. The summed E-state index contributed by atoms with van der Waals surface area (Å²) in [7, 11) is 0. The molecule has 0 aliphatic carbocycles. The Morgan fingerprint density at radius 2 is 2.05 bits per heavy atom. The number of nitrogens with zero attached hydrogens (tertiary/aromatic N) is 3. The van der Waals surface area contributed by atoms with Gasteiger partial charge in [0, 0.05) is 5.69 Å². The van der Waals surface area contributed by atoms with Gasteiger partial charge in [0.2, 0.25) is 11.3 Å². The van der Waals surface area contributed by atoms with Gasteiger partial charge < -0.3 is 5.32 Å². The van der Waals surface area contributed by atoms with E-state index < -0.39 is 17.3 Å². The minimum absolute atomic E-state index is 0.0316. The Kier molecular flexibility index (Phi) is 2.85. The highest BCUT2D eigenvalue weighted by molar-refractivity contribution is 5.67. The van der Waals surface area contributed by atoms with Crippen LogP contribution in [0.5, 0.6) is 0 Å². The van der Waals surface area contributed by atoms with E-state index >= 15 is 0 Å². The van der Waals surface area contributed by atoms with Gasteiger partial charge in [-0.3, -0.25) is 9.78 Å². The largest absolute Gasteiger partial charge is 0.416 e. The number of halogens is 3. The second kappa shape index (κ2) is 4.58. The Bertz CT molecular complexity index is 855. The van der Waals surface area contributed by atoms with Crippen LogP contribution in [-0.4, -0.2) is 20.3 Å². The van der Waals surface area contributed by atoms with E-state index in [0.717, 1.165) is 12.1 Å². The highest BCUT2D eigenvalue weighted by Crippen LogP contribution is 2.31. The van der Waals surface area contributed by atoms with Crippen molar-refractivity contribution >= 4 is 22.8 Å². The summed E-state index contributed by atoms with van der Waals surface area (Å²) in [6.45, 7) is 0. The summed E-state index contributed by atoms with van der Waals surface area (Å²) in [5, 5.41) is 9.33. The van der Waals surface area contributed by atoms with Crippen LogP contribution in [0, 0.1) is 0 Å². The quantitative estimate of drug-likeness (QED) is 0.751. The van der Waals surface area contributed by atoms with Gasteiger partial charge in [0.05, 0.1) is 5.56 Å². The lowest BCUT2D eigenvalue weighted by Crippen LogP contribution is -2.14. The average Bonchev–Trinajstić information content (AvgIpc) is 2.85. The Balaban J connectivity index is 1.98. The summed E-state index contributed by atoms with van der Waals surface area (Å²) >= 11 is 0. The van der Waals surface area contributed by atoms with Gasteiger partial charge >= 0.3 is 6.18 Å². The van der Waals surface area contributed by atoms with E-state index in [0.29, 0.717) is 0 Å². The fourth-order valence-electron chi connectivity index (χ4n) is 1.65. The van der Waals surface area contributed by atoms with Crippen LogP contribution < -0.4 is 10.9 Å². The zero-order chi connectivity index (χ0) is 15.0. The van der Waals surface area contributed by atoms with E-state index in [9.17, 15) is 18.0 Å². The molecule has 1 aromatic carbocycles. The van der Waals surface area contributed by atoms with E-state index in [2.05, 4.69) is 30.2 Å². The number of hydrogen-bond donors (Lipinski definition) is 2. The van der Waals surface area contributed by atoms with Crippen molar-refractivity contribution in [2.24, 2.45) is 0 Å². The normalized spacial score (nSPS) is 11.8. The number of hydrogen-bond acceptors (Lipinski definition) is 6. The molecule has 0 saturated carbocycles. The van der Waals surface area contributed by atoms with Crippen molar-refractivity contribution in [2.45, 2.75) is 6.18 Å². The third-order valence-corrected chi connectivity index (χ3v) is 2.59. The zero-order valence-corrected chi connectivity index (χ0v) is 10.1. The Morgan fingerprint density at radius 1 is 1.24 bits per heavy atom. The average molecular weight is 297 g/mol. The van der Waals surface area contributed by atoms with Gasteiger partial charge in [-0.25, -0.2) is 4.63 Å². The van der Waals surface area contributed by atoms with Gasteiger partial charge in [-0.05, 0) is 28.5 Å². The highest BCUT2D eigenvalue weighted by atomic mass is 19.4. The fourth-order valence-corrected chi connectivity index (χ4v) is 1.65. The summed E-state index contributed by atoms with van der Waals surface area (Å²) in [5.74, 6) is -0.211. The van der Waals surface area contributed by atoms with Crippen molar-refractivity contribution < 1.29 is 17.8 Å². The van der Waals surface area contributed by atoms with Gasteiger partial charge in [-0.1, -0.05) is 6.07 Å². The second-order valence-corrected chi connectivity index (χ2v) is 4.05. The first kappa shape index (κ1) is 13.1. The summed E-state index contributed by atoms with van der Waals surface area (Å²) in [6.07, 6.45) is -4.47. The molecule has 10 heteroatoms. The van der Waals surface area contributed by atoms with Crippen LogP contribution in [0.15, 0.2) is 33.7 Å². The smallest absolute Gasteiger partial charge is 0.336 e.